The predicted molar refractivity (Wildman–Crippen MR) is 64.5 cm³/mol. The van der Waals surface area contributed by atoms with Crippen LogP contribution in [-0.2, 0) is 16.1 Å². The van der Waals surface area contributed by atoms with Crippen molar-refractivity contribution in [2.75, 3.05) is 13.7 Å². The van der Waals surface area contributed by atoms with Gasteiger partial charge >= 0.3 is 5.97 Å². The second-order valence-electron chi connectivity index (χ2n) is 3.21. The van der Waals surface area contributed by atoms with Gasteiger partial charge < -0.3 is 10.1 Å². The van der Waals surface area contributed by atoms with Crippen molar-refractivity contribution < 1.29 is 14.5 Å². The fraction of sp³-hybridized carbons (Fsp3) is 0.300. The molecule has 0 atom stereocenters. The molecule has 0 radical (unpaired) electrons. The number of nitro benzene ring substituents is 1. The number of halogens is 1. The summed E-state index contributed by atoms with van der Waals surface area (Å²) in [6.07, 6.45) is 0. The molecule has 0 bridgehead atoms. The van der Waals surface area contributed by atoms with Gasteiger partial charge in [-0.15, -0.1) is 0 Å². The summed E-state index contributed by atoms with van der Waals surface area (Å²) in [6.45, 7) is 0.241. The Balaban J connectivity index is 2.72. The molecule has 1 aromatic carbocycles. The molecule has 0 fully saturated rings. The number of hydrogen-bond donors (Lipinski definition) is 1. The van der Waals surface area contributed by atoms with E-state index in [0.29, 0.717) is 5.56 Å². The number of benzene rings is 1. The Morgan fingerprint density at radius 3 is 2.88 bits per heavy atom. The fourth-order valence-corrected chi connectivity index (χ4v) is 1.65. The van der Waals surface area contributed by atoms with Crippen LogP contribution in [0.2, 0.25) is 0 Å². The van der Waals surface area contributed by atoms with Crippen LogP contribution in [-0.4, -0.2) is 24.5 Å². The summed E-state index contributed by atoms with van der Waals surface area (Å²) in [7, 11) is 1.28. The standard InChI is InChI=1S/C10H11BrN2O4/c1-17-10(14)6-12-5-7-4-8(11)2-3-9(7)13(15)16/h2-4,12H,5-6H2,1H3. The maximum Gasteiger partial charge on any atom is 0.319 e. The molecule has 0 aliphatic heterocycles. The molecule has 1 N–H and O–H groups in total. The van der Waals surface area contributed by atoms with E-state index in [0.717, 1.165) is 4.47 Å². The molecule has 92 valence electrons. The van der Waals surface area contributed by atoms with Crippen LogP contribution in [0.1, 0.15) is 5.56 Å². The zero-order chi connectivity index (χ0) is 12.8. The Labute approximate surface area is 106 Å². The summed E-state index contributed by atoms with van der Waals surface area (Å²) < 4.78 is 5.19. The van der Waals surface area contributed by atoms with E-state index in [9.17, 15) is 14.9 Å². The lowest BCUT2D eigenvalue weighted by molar-refractivity contribution is -0.385. The van der Waals surface area contributed by atoms with Crippen molar-refractivity contribution in [1.29, 1.82) is 0 Å². The number of ether oxygens (including phenoxy) is 1. The number of nitrogens with one attached hydrogen (secondary N) is 1. The van der Waals surface area contributed by atoms with Crippen molar-refractivity contribution in [3.8, 4) is 0 Å². The molecule has 0 saturated heterocycles. The van der Waals surface area contributed by atoms with Crippen LogP contribution in [0, 0.1) is 10.1 Å². The molecule has 0 aliphatic carbocycles. The van der Waals surface area contributed by atoms with Gasteiger partial charge in [-0.1, -0.05) is 15.9 Å². The van der Waals surface area contributed by atoms with Crippen molar-refractivity contribution in [2.24, 2.45) is 0 Å². The van der Waals surface area contributed by atoms with E-state index in [2.05, 4.69) is 26.0 Å². The number of nitrogens with zero attached hydrogens (tertiary/aromatic N) is 1. The summed E-state index contributed by atoms with van der Waals surface area (Å²) in [5.74, 6) is -0.414. The SMILES string of the molecule is COC(=O)CNCc1cc(Br)ccc1[N+](=O)[O-]. The van der Waals surface area contributed by atoms with E-state index in [1.165, 1.54) is 13.2 Å². The van der Waals surface area contributed by atoms with E-state index < -0.39 is 10.9 Å². The van der Waals surface area contributed by atoms with E-state index in [1.54, 1.807) is 12.1 Å². The molecule has 17 heavy (non-hydrogen) atoms. The van der Waals surface area contributed by atoms with Crippen molar-refractivity contribution in [3.05, 3.63) is 38.3 Å². The molecular weight excluding hydrogens is 292 g/mol. The molecule has 6 nitrogen and oxygen atoms in total. The Hall–Kier alpha value is -1.47. The minimum atomic E-state index is -0.457. The first-order chi connectivity index (χ1) is 8.04. The summed E-state index contributed by atoms with van der Waals surface area (Å²) in [5.41, 5.74) is 0.527. The van der Waals surface area contributed by atoms with Crippen LogP contribution >= 0.6 is 15.9 Å². The first-order valence-electron chi connectivity index (χ1n) is 4.75. The average molecular weight is 303 g/mol. The monoisotopic (exact) mass is 302 g/mol. The normalized spacial score (nSPS) is 10.0. The third kappa shape index (κ3) is 4.12. The molecule has 0 spiro atoms. The zero-order valence-corrected chi connectivity index (χ0v) is 10.7. The summed E-state index contributed by atoms with van der Waals surface area (Å²) >= 11 is 3.24. The van der Waals surface area contributed by atoms with Gasteiger partial charge in [-0.05, 0) is 12.1 Å². The van der Waals surface area contributed by atoms with Gasteiger partial charge in [0, 0.05) is 22.6 Å². The maximum absolute atomic E-state index is 10.9. The first-order valence-corrected chi connectivity index (χ1v) is 5.54. The zero-order valence-electron chi connectivity index (χ0n) is 9.10. The smallest absolute Gasteiger partial charge is 0.319 e. The molecule has 0 aliphatic rings. The van der Waals surface area contributed by atoms with Crippen LogP contribution in [0.4, 0.5) is 5.69 Å². The predicted octanol–water partition coefficient (Wildman–Crippen LogP) is 1.62. The van der Waals surface area contributed by atoms with Crippen LogP contribution in [0.5, 0.6) is 0 Å². The lowest BCUT2D eigenvalue weighted by Crippen LogP contribution is -2.23. The fourth-order valence-electron chi connectivity index (χ4n) is 1.25. The first kappa shape index (κ1) is 13.6. The third-order valence-electron chi connectivity index (χ3n) is 2.05. The minimum absolute atomic E-state index is 0.0141. The number of hydrogen-bond acceptors (Lipinski definition) is 5. The van der Waals surface area contributed by atoms with Gasteiger partial charge in [-0.3, -0.25) is 14.9 Å². The summed E-state index contributed by atoms with van der Waals surface area (Å²) in [4.78, 5) is 21.2. The topological polar surface area (TPSA) is 81.5 Å². The quantitative estimate of drug-likeness (QED) is 0.508. The average Bonchev–Trinajstić information content (AvgIpc) is 2.28. The van der Waals surface area contributed by atoms with Crippen molar-refractivity contribution in [2.45, 2.75) is 6.54 Å². The lowest BCUT2D eigenvalue weighted by atomic mass is 10.2. The number of esters is 1. The number of nitro groups is 1. The molecule has 0 unspecified atom stereocenters. The van der Waals surface area contributed by atoms with Gasteiger partial charge in [0.1, 0.15) is 0 Å². The second-order valence-corrected chi connectivity index (χ2v) is 4.13. The Kier molecular flexibility index (Phi) is 5.05. The highest BCUT2D eigenvalue weighted by Crippen LogP contribution is 2.22. The van der Waals surface area contributed by atoms with E-state index in [1.807, 2.05) is 0 Å². The molecule has 1 aromatic rings. The third-order valence-corrected chi connectivity index (χ3v) is 2.54. The molecule has 1 rings (SSSR count). The molecule has 0 saturated carbocycles. The highest BCUT2D eigenvalue weighted by molar-refractivity contribution is 9.10. The van der Waals surface area contributed by atoms with Crippen molar-refractivity contribution >= 4 is 27.6 Å². The van der Waals surface area contributed by atoms with E-state index in [4.69, 9.17) is 0 Å². The molecule has 0 aromatic heterocycles. The Bertz CT molecular complexity index is 436. The largest absolute Gasteiger partial charge is 0.468 e. The highest BCUT2D eigenvalue weighted by atomic mass is 79.9. The number of carbonyl (C=O) groups excluding carboxylic acids is 1. The number of methoxy groups -OCH3 is 1. The minimum Gasteiger partial charge on any atom is -0.468 e. The van der Waals surface area contributed by atoms with Gasteiger partial charge in [0.05, 0.1) is 18.6 Å². The van der Waals surface area contributed by atoms with Crippen LogP contribution in [0.25, 0.3) is 0 Å². The Morgan fingerprint density at radius 1 is 1.59 bits per heavy atom. The Morgan fingerprint density at radius 2 is 2.29 bits per heavy atom. The van der Waals surface area contributed by atoms with Gasteiger partial charge in [0.2, 0.25) is 0 Å². The van der Waals surface area contributed by atoms with E-state index >= 15 is 0 Å². The van der Waals surface area contributed by atoms with Gasteiger partial charge in [0.15, 0.2) is 0 Å². The lowest BCUT2D eigenvalue weighted by Gasteiger charge is -2.05. The molecular formula is C10H11BrN2O4. The summed E-state index contributed by atoms with van der Waals surface area (Å²) in [6, 6.07) is 4.66. The van der Waals surface area contributed by atoms with Crippen molar-refractivity contribution in [3.63, 3.8) is 0 Å². The molecule has 7 heteroatoms. The van der Waals surface area contributed by atoms with Crippen molar-refractivity contribution in [1.82, 2.24) is 5.32 Å². The van der Waals surface area contributed by atoms with E-state index in [-0.39, 0.29) is 18.8 Å². The number of carbonyl (C=O) groups is 1. The highest BCUT2D eigenvalue weighted by Gasteiger charge is 2.13. The summed E-state index contributed by atoms with van der Waals surface area (Å²) in [5, 5.41) is 13.5. The van der Waals surface area contributed by atoms with Crippen LogP contribution < -0.4 is 5.32 Å². The van der Waals surface area contributed by atoms with Gasteiger partial charge in [0.25, 0.3) is 5.69 Å². The molecule has 0 heterocycles. The molecule has 0 amide bonds. The van der Waals surface area contributed by atoms with Crippen LogP contribution in [0.3, 0.4) is 0 Å². The van der Waals surface area contributed by atoms with Gasteiger partial charge in [-0.25, -0.2) is 0 Å². The maximum atomic E-state index is 10.9. The second kappa shape index (κ2) is 6.31. The number of rotatable bonds is 5. The van der Waals surface area contributed by atoms with Crippen LogP contribution in [0.15, 0.2) is 22.7 Å². The van der Waals surface area contributed by atoms with Gasteiger partial charge in [-0.2, -0.15) is 0 Å².